The van der Waals surface area contributed by atoms with Crippen molar-refractivity contribution in [2.24, 2.45) is 5.73 Å². The first-order valence-electron chi connectivity index (χ1n) is 7.03. The average molecular weight is 280 g/mol. The molecule has 0 bridgehead atoms. The second kappa shape index (κ2) is 6.70. The quantitative estimate of drug-likeness (QED) is 0.920. The Balaban J connectivity index is 1.99. The van der Waals surface area contributed by atoms with Crippen molar-refractivity contribution < 1.29 is 13.9 Å². The van der Waals surface area contributed by atoms with Crippen LogP contribution in [-0.4, -0.2) is 30.5 Å². The summed E-state index contributed by atoms with van der Waals surface area (Å²) in [6.45, 7) is 3.30. The van der Waals surface area contributed by atoms with E-state index in [0.29, 0.717) is 11.3 Å². The van der Waals surface area contributed by atoms with E-state index in [0.717, 1.165) is 25.9 Å². The monoisotopic (exact) mass is 280 g/mol. The van der Waals surface area contributed by atoms with Gasteiger partial charge in [0, 0.05) is 30.8 Å². The smallest absolute Gasteiger partial charge is 0.260 e. The lowest BCUT2D eigenvalue weighted by Crippen LogP contribution is -2.38. The number of nitrogens with zero attached hydrogens (tertiary/aromatic N) is 1. The summed E-state index contributed by atoms with van der Waals surface area (Å²) < 4.78 is 18.8. The van der Waals surface area contributed by atoms with Gasteiger partial charge in [-0.15, -0.1) is 0 Å². The summed E-state index contributed by atoms with van der Waals surface area (Å²) in [5.41, 5.74) is 6.52. The number of likely N-dealkylation sites (tertiary alicyclic amines) is 1. The Bertz CT molecular complexity index is 471. The van der Waals surface area contributed by atoms with Gasteiger partial charge in [-0.2, -0.15) is 0 Å². The SMILES string of the molecule is C[C@@H](N)c1ccc(F)cc1OCC(=O)N1CCCCC1. The summed E-state index contributed by atoms with van der Waals surface area (Å²) in [6, 6.07) is 3.96. The fourth-order valence-electron chi connectivity index (χ4n) is 2.38. The van der Waals surface area contributed by atoms with Gasteiger partial charge in [0.05, 0.1) is 0 Å². The van der Waals surface area contributed by atoms with Crippen molar-refractivity contribution in [2.45, 2.75) is 32.2 Å². The van der Waals surface area contributed by atoms with E-state index in [1.807, 2.05) is 0 Å². The summed E-state index contributed by atoms with van der Waals surface area (Å²) in [4.78, 5) is 13.8. The molecule has 2 rings (SSSR count). The van der Waals surface area contributed by atoms with Crippen LogP contribution in [0.15, 0.2) is 18.2 Å². The zero-order chi connectivity index (χ0) is 14.5. The zero-order valence-electron chi connectivity index (χ0n) is 11.8. The van der Waals surface area contributed by atoms with Crippen molar-refractivity contribution >= 4 is 5.91 Å². The highest BCUT2D eigenvalue weighted by molar-refractivity contribution is 5.77. The molecule has 1 aromatic carbocycles. The molecule has 0 radical (unpaired) electrons. The van der Waals surface area contributed by atoms with E-state index < -0.39 is 5.82 Å². The molecule has 2 N–H and O–H groups in total. The van der Waals surface area contributed by atoms with E-state index in [-0.39, 0.29) is 18.6 Å². The molecule has 0 aromatic heterocycles. The first-order chi connectivity index (χ1) is 9.58. The Morgan fingerprint density at radius 2 is 2.10 bits per heavy atom. The number of carbonyl (C=O) groups excluding carboxylic acids is 1. The van der Waals surface area contributed by atoms with E-state index >= 15 is 0 Å². The Hall–Kier alpha value is -1.62. The Labute approximate surface area is 118 Å². The second-order valence-electron chi connectivity index (χ2n) is 5.20. The van der Waals surface area contributed by atoms with E-state index in [1.54, 1.807) is 17.9 Å². The third kappa shape index (κ3) is 3.70. The van der Waals surface area contributed by atoms with Crippen molar-refractivity contribution in [3.05, 3.63) is 29.6 Å². The van der Waals surface area contributed by atoms with Gasteiger partial charge >= 0.3 is 0 Å². The third-order valence-corrected chi connectivity index (χ3v) is 3.53. The van der Waals surface area contributed by atoms with Crippen molar-refractivity contribution in [1.82, 2.24) is 4.90 Å². The molecule has 0 aliphatic carbocycles. The van der Waals surface area contributed by atoms with E-state index in [9.17, 15) is 9.18 Å². The number of benzene rings is 1. The maximum absolute atomic E-state index is 13.3. The molecular weight excluding hydrogens is 259 g/mol. The van der Waals surface area contributed by atoms with Crippen LogP contribution >= 0.6 is 0 Å². The Kier molecular flexibility index (Phi) is 4.95. The molecule has 1 amide bonds. The van der Waals surface area contributed by atoms with Crippen molar-refractivity contribution in [3.8, 4) is 5.75 Å². The molecule has 20 heavy (non-hydrogen) atoms. The molecule has 1 atom stereocenters. The van der Waals surface area contributed by atoms with Crippen LogP contribution in [0, 0.1) is 5.82 Å². The first kappa shape index (κ1) is 14.8. The van der Waals surface area contributed by atoms with Gasteiger partial charge in [-0.1, -0.05) is 6.07 Å². The van der Waals surface area contributed by atoms with Crippen molar-refractivity contribution in [1.29, 1.82) is 0 Å². The van der Waals surface area contributed by atoms with Gasteiger partial charge in [-0.05, 0) is 32.3 Å². The maximum atomic E-state index is 13.3. The number of hydrogen-bond donors (Lipinski definition) is 1. The average Bonchev–Trinajstić information content (AvgIpc) is 2.45. The standard InChI is InChI=1S/C15H21FN2O2/c1-11(17)13-6-5-12(16)9-14(13)20-10-15(19)18-7-3-2-4-8-18/h5-6,9,11H,2-4,7-8,10,17H2,1H3/t11-/m1/s1. The number of amides is 1. The summed E-state index contributed by atoms with van der Waals surface area (Å²) in [6.07, 6.45) is 3.25. The normalized spacial score (nSPS) is 16.9. The molecule has 1 heterocycles. The number of nitrogens with two attached hydrogens (primary N) is 1. The highest BCUT2D eigenvalue weighted by Gasteiger charge is 2.18. The van der Waals surface area contributed by atoms with Crippen LogP contribution in [0.3, 0.4) is 0 Å². The minimum absolute atomic E-state index is 0.0513. The number of piperidine rings is 1. The highest BCUT2D eigenvalue weighted by Crippen LogP contribution is 2.25. The lowest BCUT2D eigenvalue weighted by Gasteiger charge is -2.26. The minimum Gasteiger partial charge on any atom is -0.483 e. The van der Waals surface area contributed by atoms with Gasteiger partial charge < -0.3 is 15.4 Å². The number of carbonyl (C=O) groups is 1. The summed E-state index contributed by atoms with van der Waals surface area (Å²) in [5, 5.41) is 0. The van der Waals surface area contributed by atoms with Gasteiger partial charge in [0.1, 0.15) is 11.6 Å². The van der Waals surface area contributed by atoms with Gasteiger partial charge in [-0.25, -0.2) is 4.39 Å². The van der Waals surface area contributed by atoms with Crippen LogP contribution in [0.1, 0.15) is 37.8 Å². The van der Waals surface area contributed by atoms with Gasteiger partial charge in [-0.3, -0.25) is 4.79 Å². The van der Waals surface area contributed by atoms with Crippen LogP contribution in [-0.2, 0) is 4.79 Å². The highest BCUT2D eigenvalue weighted by atomic mass is 19.1. The molecule has 5 heteroatoms. The molecule has 110 valence electrons. The molecule has 1 aromatic rings. The van der Waals surface area contributed by atoms with E-state index in [1.165, 1.54) is 18.6 Å². The molecule has 1 fully saturated rings. The lowest BCUT2D eigenvalue weighted by atomic mass is 10.1. The molecule has 0 spiro atoms. The molecule has 1 aliphatic heterocycles. The fraction of sp³-hybridized carbons (Fsp3) is 0.533. The number of halogens is 1. The lowest BCUT2D eigenvalue weighted by molar-refractivity contribution is -0.134. The predicted molar refractivity (Wildman–Crippen MR) is 74.9 cm³/mol. The molecular formula is C15H21FN2O2. The molecule has 1 saturated heterocycles. The third-order valence-electron chi connectivity index (χ3n) is 3.53. The maximum Gasteiger partial charge on any atom is 0.260 e. The van der Waals surface area contributed by atoms with E-state index in [2.05, 4.69) is 0 Å². The fourth-order valence-corrected chi connectivity index (χ4v) is 2.38. The van der Waals surface area contributed by atoms with Gasteiger partial charge in [0.25, 0.3) is 5.91 Å². The van der Waals surface area contributed by atoms with Crippen molar-refractivity contribution in [2.75, 3.05) is 19.7 Å². The van der Waals surface area contributed by atoms with Crippen LogP contribution < -0.4 is 10.5 Å². The Morgan fingerprint density at radius 3 is 2.75 bits per heavy atom. The Morgan fingerprint density at radius 1 is 1.40 bits per heavy atom. The molecule has 0 saturated carbocycles. The van der Waals surface area contributed by atoms with E-state index in [4.69, 9.17) is 10.5 Å². The number of ether oxygens (including phenoxy) is 1. The number of rotatable bonds is 4. The van der Waals surface area contributed by atoms with Crippen LogP contribution in [0.25, 0.3) is 0 Å². The van der Waals surface area contributed by atoms with Crippen LogP contribution in [0.4, 0.5) is 4.39 Å². The van der Waals surface area contributed by atoms with Gasteiger partial charge in [0.2, 0.25) is 0 Å². The van der Waals surface area contributed by atoms with Gasteiger partial charge in [0.15, 0.2) is 6.61 Å². The summed E-state index contributed by atoms with van der Waals surface area (Å²) >= 11 is 0. The van der Waals surface area contributed by atoms with Crippen LogP contribution in [0.5, 0.6) is 5.75 Å². The minimum atomic E-state index is -0.394. The molecule has 0 unspecified atom stereocenters. The summed E-state index contributed by atoms with van der Waals surface area (Å²) in [5.74, 6) is -0.0928. The first-order valence-corrected chi connectivity index (χ1v) is 7.03. The molecule has 4 nitrogen and oxygen atoms in total. The predicted octanol–water partition coefficient (Wildman–Crippen LogP) is 2.24. The summed E-state index contributed by atoms with van der Waals surface area (Å²) in [7, 11) is 0. The van der Waals surface area contributed by atoms with Crippen molar-refractivity contribution in [3.63, 3.8) is 0 Å². The second-order valence-corrected chi connectivity index (χ2v) is 5.20. The zero-order valence-corrected chi connectivity index (χ0v) is 11.8. The topological polar surface area (TPSA) is 55.6 Å². The van der Waals surface area contributed by atoms with Crippen LogP contribution in [0.2, 0.25) is 0 Å². The largest absolute Gasteiger partial charge is 0.483 e. The molecule has 1 aliphatic rings. The number of hydrogen-bond acceptors (Lipinski definition) is 3.